The third kappa shape index (κ3) is 4.26. The first kappa shape index (κ1) is 24.1. The van der Waals surface area contributed by atoms with Crippen molar-refractivity contribution in [2.24, 2.45) is 0 Å². The van der Waals surface area contributed by atoms with E-state index < -0.39 is 6.04 Å². The van der Waals surface area contributed by atoms with Crippen LogP contribution in [0.3, 0.4) is 0 Å². The molecule has 0 spiro atoms. The summed E-state index contributed by atoms with van der Waals surface area (Å²) >= 11 is 3.43. The SMILES string of the molecule is COc1ccc([C@H]2CC(=O)C3=C(C2)Nc2ccccc2N[C@@H]3c2cc(Br)c(O)c(OC)c2)cc1OC. The maximum Gasteiger partial charge on any atom is 0.172 e. The molecule has 1 heterocycles. The second-order valence-corrected chi connectivity index (χ2v) is 9.69. The average Bonchev–Trinajstić information content (AvgIpc) is 3.06. The first-order valence-electron chi connectivity index (χ1n) is 11.6. The van der Waals surface area contributed by atoms with Crippen LogP contribution in [0.1, 0.15) is 35.9 Å². The Bertz CT molecular complexity index is 1370. The normalized spacial score (nSPS) is 18.8. The van der Waals surface area contributed by atoms with E-state index in [0.717, 1.165) is 28.2 Å². The molecule has 3 aromatic rings. The van der Waals surface area contributed by atoms with Crippen LogP contribution in [-0.4, -0.2) is 32.2 Å². The summed E-state index contributed by atoms with van der Waals surface area (Å²) in [6, 6.07) is 16.9. The van der Waals surface area contributed by atoms with Gasteiger partial charge in [-0.15, -0.1) is 0 Å². The molecule has 8 heteroatoms. The third-order valence-corrected chi connectivity index (χ3v) is 7.40. The van der Waals surface area contributed by atoms with Crippen LogP contribution in [-0.2, 0) is 4.79 Å². The fraction of sp³-hybridized carbons (Fsp3) is 0.250. The van der Waals surface area contributed by atoms with E-state index in [1.54, 1.807) is 20.3 Å². The van der Waals surface area contributed by atoms with Gasteiger partial charge in [0, 0.05) is 17.7 Å². The van der Waals surface area contributed by atoms with Crippen molar-refractivity contribution in [3.05, 3.63) is 81.5 Å². The monoisotopic (exact) mass is 550 g/mol. The number of phenols is 1. The molecule has 0 unspecified atom stereocenters. The van der Waals surface area contributed by atoms with Crippen molar-refractivity contribution in [1.82, 2.24) is 0 Å². The Balaban J connectivity index is 1.61. The molecule has 0 radical (unpaired) electrons. The van der Waals surface area contributed by atoms with E-state index in [0.29, 0.717) is 40.1 Å². The summed E-state index contributed by atoms with van der Waals surface area (Å²) in [6.07, 6.45) is 1.01. The standard InChI is InChI=1S/C28H27BrN2O5/c1-34-23-9-8-15(13-24(23)35-2)16-11-21-26(22(32)12-16)27(31-20-7-5-4-6-19(20)30-21)17-10-18(29)28(33)25(14-17)36-3/h4-10,13-14,16,27,30-31,33H,11-12H2,1-3H3/t16-,27-/m1/s1. The fourth-order valence-corrected chi connectivity index (χ4v) is 5.46. The number of hydrogen-bond acceptors (Lipinski definition) is 7. The summed E-state index contributed by atoms with van der Waals surface area (Å²) in [4.78, 5) is 13.8. The molecular weight excluding hydrogens is 524 g/mol. The highest BCUT2D eigenvalue weighted by Gasteiger charge is 2.36. The van der Waals surface area contributed by atoms with Gasteiger partial charge in [-0.05, 0) is 75.8 Å². The number of fused-ring (bicyclic) bond motifs is 1. The Hall–Kier alpha value is -3.65. The minimum atomic E-state index is -0.430. The predicted octanol–water partition coefficient (Wildman–Crippen LogP) is 6.16. The average molecular weight is 551 g/mol. The van der Waals surface area contributed by atoms with Gasteiger partial charge in [0.25, 0.3) is 0 Å². The van der Waals surface area contributed by atoms with Crippen LogP contribution >= 0.6 is 15.9 Å². The summed E-state index contributed by atoms with van der Waals surface area (Å²) in [7, 11) is 4.72. The fourth-order valence-electron chi connectivity index (χ4n) is 5.00. The Labute approximate surface area is 218 Å². The second kappa shape index (κ2) is 9.78. The molecule has 2 aliphatic rings. The van der Waals surface area contributed by atoms with Crippen LogP contribution in [0.25, 0.3) is 0 Å². The van der Waals surface area contributed by atoms with E-state index in [4.69, 9.17) is 14.2 Å². The Kier molecular flexibility index (Phi) is 6.53. The number of para-hydroxylation sites is 2. The number of carbonyl (C=O) groups is 1. The Morgan fingerprint density at radius 3 is 2.28 bits per heavy atom. The molecule has 3 aromatic carbocycles. The number of carbonyl (C=O) groups excluding carboxylic acids is 1. The van der Waals surface area contributed by atoms with Crippen molar-refractivity contribution < 1.29 is 24.1 Å². The van der Waals surface area contributed by atoms with Gasteiger partial charge in [-0.1, -0.05) is 18.2 Å². The lowest BCUT2D eigenvalue weighted by Gasteiger charge is -2.30. The van der Waals surface area contributed by atoms with Crippen LogP contribution in [0.4, 0.5) is 11.4 Å². The molecule has 7 nitrogen and oxygen atoms in total. The van der Waals surface area contributed by atoms with Crippen molar-refractivity contribution >= 4 is 33.1 Å². The molecule has 2 atom stereocenters. The zero-order chi connectivity index (χ0) is 25.4. The number of Topliss-reactive ketones (excluding diaryl/α,β-unsaturated/α-hetero) is 1. The number of rotatable bonds is 5. The Morgan fingerprint density at radius 1 is 0.861 bits per heavy atom. The quantitative estimate of drug-likeness (QED) is 0.350. The van der Waals surface area contributed by atoms with E-state index in [9.17, 15) is 9.90 Å². The molecule has 0 fully saturated rings. The lowest BCUT2D eigenvalue weighted by atomic mass is 9.78. The van der Waals surface area contributed by atoms with Gasteiger partial charge in [0.15, 0.2) is 28.8 Å². The van der Waals surface area contributed by atoms with Gasteiger partial charge in [0.1, 0.15) is 0 Å². The maximum atomic E-state index is 13.8. The first-order valence-corrected chi connectivity index (χ1v) is 12.4. The Morgan fingerprint density at radius 2 is 1.56 bits per heavy atom. The van der Waals surface area contributed by atoms with Crippen molar-refractivity contribution in [2.75, 3.05) is 32.0 Å². The predicted molar refractivity (Wildman–Crippen MR) is 142 cm³/mol. The van der Waals surface area contributed by atoms with E-state index in [1.165, 1.54) is 7.11 Å². The first-order chi connectivity index (χ1) is 17.4. The lowest BCUT2D eigenvalue weighted by molar-refractivity contribution is -0.116. The van der Waals surface area contributed by atoms with Gasteiger partial charge in [-0.25, -0.2) is 0 Å². The summed E-state index contributed by atoms with van der Waals surface area (Å²) in [5.41, 5.74) is 5.17. The van der Waals surface area contributed by atoms with Crippen molar-refractivity contribution in [3.8, 4) is 23.0 Å². The largest absolute Gasteiger partial charge is 0.503 e. The number of halogens is 1. The maximum absolute atomic E-state index is 13.8. The summed E-state index contributed by atoms with van der Waals surface area (Å²) in [5.74, 6) is 1.68. The molecule has 186 valence electrons. The van der Waals surface area contributed by atoms with Crippen LogP contribution in [0.2, 0.25) is 0 Å². The highest BCUT2D eigenvalue weighted by molar-refractivity contribution is 9.10. The van der Waals surface area contributed by atoms with Gasteiger partial charge < -0.3 is 30.0 Å². The summed E-state index contributed by atoms with van der Waals surface area (Å²) < 4.78 is 16.8. The highest BCUT2D eigenvalue weighted by Crippen LogP contribution is 2.47. The molecule has 0 saturated carbocycles. The number of anilines is 2. The summed E-state index contributed by atoms with van der Waals surface area (Å²) in [6.45, 7) is 0. The van der Waals surface area contributed by atoms with E-state index in [2.05, 4.69) is 26.6 Å². The van der Waals surface area contributed by atoms with Crippen molar-refractivity contribution in [3.63, 3.8) is 0 Å². The third-order valence-electron chi connectivity index (χ3n) is 6.79. The van der Waals surface area contributed by atoms with E-state index in [-0.39, 0.29) is 17.5 Å². The number of hydrogen-bond donors (Lipinski definition) is 3. The lowest BCUT2D eigenvalue weighted by Crippen LogP contribution is -2.27. The molecule has 5 rings (SSSR count). The zero-order valence-corrected chi connectivity index (χ0v) is 21.8. The molecule has 0 bridgehead atoms. The van der Waals surface area contributed by atoms with Crippen molar-refractivity contribution in [1.29, 1.82) is 0 Å². The topological polar surface area (TPSA) is 89.1 Å². The highest BCUT2D eigenvalue weighted by atomic mass is 79.9. The molecule has 0 amide bonds. The number of benzene rings is 3. The van der Waals surface area contributed by atoms with Crippen LogP contribution in [0.5, 0.6) is 23.0 Å². The number of allylic oxidation sites excluding steroid dienone is 1. The minimum Gasteiger partial charge on any atom is -0.503 e. The number of ether oxygens (including phenoxy) is 3. The van der Waals surface area contributed by atoms with Crippen LogP contribution < -0.4 is 24.8 Å². The molecule has 1 aliphatic carbocycles. The second-order valence-electron chi connectivity index (χ2n) is 8.84. The number of phenolic OH excluding ortho intramolecular Hbond substituents is 1. The molecular formula is C28H27BrN2O5. The van der Waals surface area contributed by atoms with E-state index in [1.807, 2.05) is 48.5 Å². The van der Waals surface area contributed by atoms with Crippen LogP contribution in [0, 0.1) is 0 Å². The minimum absolute atomic E-state index is 0.0180. The molecule has 3 N–H and O–H groups in total. The number of aromatic hydroxyl groups is 1. The van der Waals surface area contributed by atoms with Crippen molar-refractivity contribution in [2.45, 2.75) is 24.8 Å². The zero-order valence-electron chi connectivity index (χ0n) is 20.2. The van der Waals surface area contributed by atoms with Gasteiger partial charge in [0.2, 0.25) is 0 Å². The smallest absolute Gasteiger partial charge is 0.172 e. The van der Waals surface area contributed by atoms with Gasteiger partial charge in [-0.2, -0.15) is 0 Å². The molecule has 0 aromatic heterocycles. The van der Waals surface area contributed by atoms with Gasteiger partial charge in [-0.3, -0.25) is 4.79 Å². The van der Waals surface area contributed by atoms with Crippen LogP contribution in [0.15, 0.2) is 70.3 Å². The molecule has 1 aliphatic heterocycles. The summed E-state index contributed by atoms with van der Waals surface area (Å²) in [5, 5.41) is 17.5. The van der Waals surface area contributed by atoms with Gasteiger partial charge in [0.05, 0.1) is 43.2 Å². The molecule has 36 heavy (non-hydrogen) atoms. The number of methoxy groups -OCH3 is 3. The van der Waals surface area contributed by atoms with E-state index >= 15 is 0 Å². The number of ketones is 1. The number of nitrogens with one attached hydrogen (secondary N) is 2. The van der Waals surface area contributed by atoms with Gasteiger partial charge >= 0.3 is 0 Å². The molecule has 0 saturated heterocycles.